The van der Waals surface area contributed by atoms with E-state index in [1.807, 2.05) is 7.05 Å². The van der Waals surface area contributed by atoms with Crippen molar-refractivity contribution in [3.8, 4) is 0 Å². The van der Waals surface area contributed by atoms with Gasteiger partial charge in [-0.05, 0) is 43.2 Å². The van der Waals surface area contributed by atoms with Crippen molar-refractivity contribution in [2.45, 2.75) is 19.9 Å². The molecule has 0 aliphatic carbocycles. The summed E-state index contributed by atoms with van der Waals surface area (Å²) in [7, 11) is 1.99. The van der Waals surface area contributed by atoms with E-state index in [0.717, 1.165) is 11.3 Å². The minimum Gasteiger partial charge on any atom is -0.366 e. The maximum absolute atomic E-state index is 13.3. The lowest BCUT2D eigenvalue weighted by molar-refractivity contribution is 0.623. The van der Waals surface area contributed by atoms with Crippen LogP contribution in [-0.4, -0.2) is 13.6 Å². The van der Waals surface area contributed by atoms with E-state index in [2.05, 4.69) is 36.9 Å². The number of benzene rings is 2. The molecule has 0 aliphatic rings. The van der Waals surface area contributed by atoms with Gasteiger partial charge in [-0.25, -0.2) is 4.39 Å². The van der Waals surface area contributed by atoms with Crippen LogP contribution < -0.4 is 10.6 Å². The smallest absolute Gasteiger partial charge is 0.141 e. The maximum Gasteiger partial charge on any atom is 0.141 e. The summed E-state index contributed by atoms with van der Waals surface area (Å²) < 4.78 is 13.3. The van der Waals surface area contributed by atoms with Gasteiger partial charge in [-0.2, -0.15) is 0 Å². The highest BCUT2D eigenvalue weighted by molar-refractivity contribution is 6.30. The Kier molecular flexibility index (Phi) is 4.86. The normalized spacial score (nSPS) is 12.3. The Hall–Kier alpha value is -1.58. The van der Waals surface area contributed by atoms with Gasteiger partial charge in [0.25, 0.3) is 0 Å². The average Bonchev–Trinajstić information content (AvgIpc) is 2.43. The van der Waals surface area contributed by atoms with E-state index in [-0.39, 0.29) is 11.1 Å². The molecule has 112 valence electrons. The Morgan fingerprint density at radius 1 is 1.19 bits per heavy atom. The van der Waals surface area contributed by atoms with Crippen molar-refractivity contribution in [2.24, 2.45) is 5.73 Å². The van der Waals surface area contributed by atoms with Gasteiger partial charge in [0, 0.05) is 19.3 Å². The first-order chi connectivity index (χ1) is 9.93. The van der Waals surface area contributed by atoms with Gasteiger partial charge >= 0.3 is 0 Å². The number of hydrogen-bond acceptors (Lipinski definition) is 2. The first-order valence-electron chi connectivity index (χ1n) is 6.89. The Balaban J connectivity index is 2.37. The quantitative estimate of drug-likeness (QED) is 0.916. The molecule has 21 heavy (non-hydrogen) atoms. The van der Waals surface area contributed by atoms with Crippen LogP contribution in [0.15, 0.2) is 36.4 Å². The number of rotatable bonds is 4. The fraction of sp³-hybridized carbons (Fsp3) is 0.294. The van der Waals surface area contributed by atoms with Gasteiger partial charge in [-0.1, -0.05) is 35.4 Å². The first kappa shape index (κ1) is 15.8. The summed E-state index contributed by atoms with van der Waals surface area (Å²) >= 11 is 5.88. The predicted molar refractivity (Wildman–Crippen MR) is 87.5 cm³/mol. The standard InChI is InChI=1S/C17H20ClFN2/c1-11-4-7-16(12(2)8-11)21(3)17(10-20)13-5-6-15(19)14(18)9-13/h4-9,17H,10,20H2,1-3H3. The number of halogens is 2. The second-order valence-electron chi connectivity index (χ2n) is 5.33. The molecule has 2 aromatic rings. The topological polar surface area (TPSA) is 29.3 Å². The summed E-state index contributed by atoms with van der Waals surface area (Å²) in [6.07, 6.45) is 0. The van der Waals surface area contributed by atoms with Crippen molar-refractivity contribution >= 4 is 17.3 Å². The molecule has 2 rings (SSSR count). The molecule has 0 amide bonds. The zero-order valence-electron chi connectivity index (χ0n) is 12.5. The third-order valence-electron chi connectivity index (χ3n) is 3.75. The molecular formula is C17H20ClFN2. The van der Waals surface area contributed by atoms with E-state index in [1.165, 1.54) is 17.2 Å². The van der Waals surface area contributed by atoms with Gasteiger partial charge in [0.15, 0.2) is 0 Å². The first-order valence-corrected chi connectivity index (χ1v) is 7.27. The molecule has 1 atom stereocenters. The van der Waals surface area contributed by atoms with Gasteiger partial charge in [0.05, 0.1) is 11.1 Å². The maximum atomic E-state index is 13.3. The molecule has 0 saturated carbocycles. The van der Waals surface area contributed by atoms with Gasteiger partial charge in [-0.3, -0.25) is 0 Å². The molecule has 0 aliphatic heterocycles. The van der Waals surface area contributed by atoms with Gasteiger partial charge in [0.1, 0.15) is 5.82 Å². The number of hydrogen-bond donors (Lipinski definition) is 1. The summed E-state index contributed by atoms with van der Waals surface area (Å²) in [4.78, 5) is 2.11. The van der Waals surface area contributed by atoms with E-state index in [1.54, 1.807) is 12.1 Å². The minimum atomic E-state index is -0.412. The molecule has 2 aromatic carbocycles. The van der Waals surface area contributed by atoms with Crippen LogP contribution in [0.3, 0.4) is 0 Å². The fourth-order valence-corrected chi connectivity index (χ4v) is 2.80. The van der Waals surface area contributed by atoms with Crippen LogP contribution in [0.1, 0.15) is 22.7 Å². The van der Waals surface area contributed by atoms with Gasteiger partial charge in [0.2, 0.25) is 0 Å². The van der Waals surface area contributed by atoms with Crippen LogP contribution in [0.4, 0.5) is 10.1 Å². The van der Waals surface area contributed by atoms with E-state index < -0.39 is 5.82 Å². The van der Waals surface area contributed by atoms with Crippen molar-refractivity contribution in [3.63, 3.8) is 0 Å². The van der Waals surface area contributed by atoms with Crippen molar-refractivity contribution in [1.29, 1.82) is 0 Å². The predicted octanol–water partition coefficient (Wildman–Crippen LogP) is 4.23. The molecule has 0 radical (unpaired) electrons. The van der Waals surface area contributed by atoms with Gasteiger partial charge in [-0.15, -0.1) is 0 Å². The molecule has 0 fully saturated rings. The summed E-state index contributed by atoms with van der Waals surface area (Å²) in [5, 5.41) is 0.125. The molecule has 0 aromatic heterocycles. The van der Waals surface area contributed by atoms with Crippen molar-refractivity contribution in [3.05, 3.63) is 63.9 Å². The minimum absolute atomic E-state index is 0.0514. The second kappa shape index (κ2) is 6.46. The SMILES string of the molecule is Cc1ccc(N(C)C(CN)c2ccc(F)c(Cl)c2)c(C)c1. The Morgan fingerprint density at radius 3 is 2.48 bits per heavy atom. The highest BCUT2D eigenvalue weighted by atomic mass is 35.5. The zero-order chi connectivity index (χ0) is 15.6. The third-order valence-corrected chi connectivity index (χ3v) is 4.04. The Morgan fingerprint density at radius 2 is 1.90 bits per heavy atom. The van der Waals surface area contributed by atoms with Crippen molar-refractivity contribution < 1.29 is 4.39 Å². The number of nitrogens with zero attached hydrogens (tertiary/aromatic N) is 1. The lowest BCUT2D eigenvalue weighted by atomic mass is 10.0. The lowest BCUT2D eigenvalue weighted by Crippen LogP contribution is -2.31. The Labute approximate surface area is 130 Å². The third kappa shape index (κ3) is 3.36. The molecule has 1 unspecified atom stereocenters. The van der Waals surface area contributed by atoms with Crippen molar-refractivity contribution in [1.82, 2.24) is 0 Å². The monoisotopic (exact) mass is 306 g/mol. The molecule has 0 spiro atoms. The summed E-state index contributed by atoms with van der Waals surface area (Å²) in [5.41, 5.74) is 10.4. The Bertz CT molecular complexity index is 643. The van der Waals surface area contributed by atoms with E-state index in [9.17, 15) is 4.39 Å². The highest BCUT2D eigenvalue weighted by Gasteiger charge is 2.18. The van der Waals surface area contributed by atoms with Crippen LogP contribution in [0, 0.1) is 19.7 Å². The summed E-state index contributed by atoms with van der Waals surface area (Å²) in [6.45, 7) is 4.56. The molecule has 2 N–H and O–H groups in total. The number of anilines is 1. The summed E-state index contributed by atoms with van der Waals surface area (Å²) in [5.74, 6) is -0.412. The van der Waals surface area contributed by atoms with Crippen LogP contribution in [0.5, 0.6) is 0 Å². The number of likely N-dealkylation sites (N-methyl/N-ethyl adjacent to an activating group) is 1. The molecule has 2 nitrogen and oxygen atoms in total. The van der Waals surface area contributed by atoms with E-state index in [4.69, 9.17) is 17.3 Å². The fourth-order valence-electron chi connectivity index (χ4n) is 2.61. The molecular weight excluding hydrogens is 287 g/mol. The molecule has 0 bridgehead atoms. The molecule has 0 saturated heterocycles. The summed E-state index contributed by atoms with van der Waals surface area (Å²) in [6, 6.07) is 11.0. The lowest BCUT2D eigenvalue weighted by Gasteiger charge is -2.31. The van der Waals surface area contributed by atoms with Crippen LogP contribution in [-0.2, 0) is 0 Å². The molecule has 0 heterocycles. The van der Waals surface area contributed by atoms with E-state index >= 15 is 0 Å². The second-order valence-corrected chi connectivity index (χ2v) is 5.73. The van der Waals surface area contributed by atoms with Crippen LogP contribution in [0.2, 0.25) is 5.02 Å². The molecule has 4 heteroatoms. The number of aryl methyl sites for hydroxylation is 2. The van der Waals surface area contributed by atoms with Gasteiger partial charge < -0.3 is 10.6 Å². The largest absolute Gasteiger partial charge is 0.366 e. The van der Waals surface area contributed by atoms with Crippen LogP contribution in [0.25, 0.3) is 0 Å². The van der Waals surface area contributed by atoms with E-state index in [0.29, 0.717) is 6.54 Å². The highest BCUT2D eigenvalue weighted by Crippen LogP contribution is 2.30. The van der Waals surface area contributed by atoms with Crippen LogP contribution >= 0.6 is 11.6 Å². The zero-order valence-corrected chi connectivity index (χ0v) is 13.3. The van der Waals surface area contributed by atoms with Crippen molar-refractivity contribution in [2.75, 3.05) is 18.5 Å². The number of nitrogens with two attached hydrogens (primary N) is 1. The average molecular weight is 307 g/mol.